The molecule has 0 atom stereocenters. The minimum atomic E-state index is 0.911. The molecule has 0 aliphatic heterocycles. The third-order valence-electron chi connectivity index (χ3n) is 10.8. The predicted molar refractivity (Wildman–Crippen MR) is 225 cm³/mol. The molecule has 3 heterocycles. The van der Waals surface area contributed by atoms with Crippen molar-refractivity contribution in [2.45, 2.75) is 0 Å². The molecule has 3 heteroatoms. The Kier molecular flexibility index (Phi) is 6.86. The number of rotatable bonds is 5. The fraction of sp³-hybridized carbons (Fsp3) is 0. The number of pyridine rings is 1. The van der Waals surface area contributed by atoms with Crippen LogP contribution in [0.1, 0.15) is 0 Å². The molecule has 11 rings (SSSR count). The summed E-state index contributed by atoms with van der Waals surface area (Å²) in [6, 6.07) is 69.1. The van der Waals surface area contributed by atoms with E-state index < -0.39 is 0 Å². The SMILES string of the molecule is c1ccc(-c2nc3c4ccccc4c4cc(-c5cccc(-c6cccc(-c7cccc8c7oc7ccccc78)c6)c5)ccc4n3c2-c2ccccc2)cc1. The van der Waals surface area contributed by atoms with Crippen LogP contribution in [0.5, 0.6) is 0 Å². The van der Waals surface area contributed by atoms with Crippen molar-refractivity contribution in [3.63, 3.8) is 0 Å². The second-order valence-corrected chi connectivity index (χ2v) is 13.9. The Morgan fingerprint density at radius 3 is 1.69 bits per heavy atom. The zero-order chi connectivity index (χ0) is 35.6. The molecule has 0 saturated carbocycles. The first-order valence-corrected chi connectivity index (χ1v) is 18.4. The summed E-state index contributed by atoms with van der Waals surface area (Å²) in [6.07, 6.45) is 0. The summed E-state index contributed by atoms with van der Waals surface area (Å²) in [6.45, 7) is 0. The van der Waals surface area contributed by atoms with Crippen molar-refractivity contribution in [2.75, 3.05) is 0 Å². The molecule has 54 heavy (non-hydrogen) atoms. The first-order chi connectivity index (χ1) is 26.8. The summed E-state index contributed by atoms with van der Waals surface area (Å²) >= 11 is 0. The number of furan rings is 1. The molecule has 0 N–H and O–H groups in total. The van der Waals surface area contributed by atoms with E-state index in [-0.39, 0.29) is 0 Å². The average molecular weight is 689 g/mol. The van der Waals surface area contributed by atoms with Crippen LogP contribution in [0, 0.1) is 0 Å². The van der Waals surface area contributed by atoms with Crippen LogP contribution in [-0.2, 0) is 0 Å². The number of fused-ring (bicyclic) bond motifs is 9. The zero-order valence-corrected chi connectivity index (χ0v) is 29.3. The summed E-state index contributed by atoms with van der Waals surface area (Å²) in [4.78, 5) is 5.38. The lowest BCUT2D eigenvalue weighted by molar-refractivity contribution is 0.670. The van der Waals surface area contributed by atoms with Crippen molar-refractivity contribution in [3.05, 3.63) is 194 Å². The molecule has 3 aromatic heterocycles. The number of aromatic nitrogens is 2. The summed E-state index contributed by atoms with van der Waals surface area (Å²) in [7, 11) is 0. The van der Waals surface area contributed by atoms with Crippen molar-refractivity contribution in [2.24, 2.45) is 0 Å². The van der Waals surface area contributed by atoms with Gasteiger partial charge in [-0.1, -0.05) is 164 Å². The molecule has 252 valence electrons. The number of para-hydroxylation sites is 2. The van der Waals surface area contributed by atoms with Gasteiger partial charge in [-0.3, -0.25) is 4.40 Å². The maximum atomic E-state index is 6.40. The van der Waals surface area contributed by atoms with Gasteiger partial charge >= 0.3 is 0 Å². The molecule has 0 aliphatic carbocycles. The van der Waals surface area contributed by atoms with Crippen LogP contribution in [0.4, 0.5) is 0 Å². The minimum absolute atomic E-state index is 0.911. The van der Waals surface area contributed by atoms with E-state index >= 15 is 0 Å². The third kappa shape index (κ3) is 4.79. The first-order valence-electron chi connectivity index (χ1n) is 18.4. The van der Waals surface area contributed by atoms with Gasteiger partial charge in [0.05, 0.1) is 16.9 Å². The number of nitrogens with zero attached hydrogens (tertiary/aromatic N) is 2. The molecular formula is C51H32N2O. The summed E-state index contributed by atoms with van der Waals surface area (Å²) in [5, 5.41) is 5.79. The van der Waals surface area contributed by atoms with E-state index in [1.54, 1.807) is 0 Å². The van der Waals surface area contributed by atoms with Crippen LogP contribution in [0.3, 0.4) is 0 Å². The van der Waals surface area contributed by atoms with E-state index in [1.165, 1.54) is 27.5 Å². The van der Waals surface area contributed by atoms with Gasteiger partial charge in [-0.15, -0.1) is 0 Å². The Bertz CT molecular complexity index is 3210. The maximum Gasteiger partial charge on any atom is 0.146 e. The van der Waals surface area contributed by atoms with Gasteiger partial charge < -0.3 is 4.42 Å². The summed E-state index contributed by atoms with van der Waals surface area (Å²) in [5.74, 6) is 0. The smallest absolute Gasteiger partial charge is 0.146 e. The van der Waals surface area contributed by atoms with Crippen LogP contribution in [-0.4, -0.2) is 9.38 Å². The molecule has 0 radical (unpaired) electrons. The van der Waals surface area contributed by atoms with Crippen molar-refractivity contribution < 1.29 is 4.42 Å². The lowest BCUT2D eigenvalue weighted by Crippen LogP contribution is -1.95. The van der Waals surface area contributed by atoms with Crippen molar-refractivity contribution in [1.82, 2.24) is 9.38 Å². The Morgan fingerprint density at radius 1 is 0.370 bits per heavy atom. The van der Waals surface area contributed by atoms with Crippen molar-refractivity contribution in [1.29, 1.82) is 0 Å². The van der Waals surface area contributed by atoms with Gasteiger partial charge in [0.15, 0.2) is 0 Å². The van der Waals surface area contributed by atoms with Crippen LogP contribution >= 0.6 is 0 Å². The topological polar surface area (TPSA) is 30.4 Å². The molecule has 8 aromatic carbocycles. The fourth-order valence-electron chi connectivity index (χ4n) is 8.25. The van der Waals surface area contributed by atoms with E-state index in [0.29, 0.717) is 0 Å². The molecule has 11 aromatic rings. The monoisotopic (exact) mass is 688 g/mol. The Labute approximate surface area is 312 Å². The highest BCUT2D eigenvalue weighted by Gasteiger charge is 2.21. The first kappa shape index (κ1) is 30.4. The number of benzene rings is 8. The van der Waals surface area contributed by atoms with E-state index in [4.69, 9.17) is 9.40 Å². The zero-order valence-electron chi connectivity index (χ0n) is 29.3. The number of hydrogen-bond donors (Lipinski definition) is 0. The fourth-order valence-corrected chi connectivity index (χ4v) is 8.25. The third-order valence-corrected chi connectivity index (χ3v) is 10.8. The van der Waals surface area contributed by atoms with Gasteiger partial charge in [0, 0.05) is 38.2 Å². The molecule has 0 amide bonds. The summed E-state index contributed by atoms with van der Waals surface area (Å²) in [5.41, 5.74) is 15.1. The number of hydrogen-bond acceptors (Lipinski definition) is 2. The molecule has 0 spiro atoms. The molecular weight excluding hydrogens is 657 g/mol. The number of imidazole rings is 1. The van der Waals surface area contributed by atoms with Crippen molar-refractivity contribution in [3.8, 4) is 55.9 Å². The van der Waals surface area contributed by atoms with Gasteiger partial charge in [-0.2, -0.15) is 0 Å². The Hall–Kier alpha value is -7.23. The highest BCUT2D eigenvalue weighted by molar-refractivity contribution is 6.14. The molecule has 0 saturated heterocycles. The van der Waals surface area contributed by atoms with Crippen LogP contribution in [0.25, 0.3) is 105 Å². The molecule has 0 aliphatic rings. The Balaban J connectivity index is 1.07. The lowest BCUT2D eigenvalue weighted by atomic mass is 9.94. The van der Waals surface area contributed by atoms with E-state index in [9.17, 15) is 0 Å². The van der Waals surface area contributed by atoms with Crippen LogP contribution < -0.4 is 0 Å². The standard InChI is InChI=1S/C51H32N2O/c1-3-14-33(15-4-1)48-49(34-16-5-2-6-17-34)53-46-29-28-38(32-45(46)41-22-7-8-24-44(41)51(53)52-48)36-19-11-18-35(30-36)37-20-12-21-39(31-37)40-25-13-26-43-42-23-9-10-27-47(42)54-50(40)43/h1-32H. The molecule has 0 bridgehead atoms. The van der Waals surface area contributed by atoms with Gasteiger partial charge in [-0.05, 0) is 63.5 Å². The predicted octanol–water partition coefficient (Wildman–Crippen LogP) is 13.9. The Morgan fingerprint density at radius 2 is 0.926 bits per heavy atom. The molecule has 3 nitrogen and oxygen atoms in total. The minimum Gasteiger partial charge on any atom is -0.455 e. The quantitative estimate of drug-likeness (QED) is 0.169. The van der Waals surface area contributed by atoms with Gasteiger partial charge in [0.1, 0.15) is 16.8 Å². The van der Waals surface area contributed by atoms with E-state index in [2.05, 4.69) is 186 Å². The largest absolute Gasteiger partial charge is 0.455 e. The highest BCUT2D eigenvalue weighted by Crippen LogP contribution is 2.41. The molecule has 0 fully saturated rings. The maximum absolute atomic E-state index is 6.40. The molecule has 0 unspecified atom stereocenters. The van der Waals surface area contributed by atoms with Crippen LogP contribution in [0.15, 0.2) is 199 Å². The van der Waals surface area contributed by atoms with Gasteiger partial charge in [0.25, 0.3) is 0 Å². The normalized spacial score (nSPS) is 11.7. The second kappa shape index (κ2) is 12.2. The lowest BCUT2D eigenvalue weighted by Gasteiger charge is -2.14. The van der Waals surface area contributed by atoms with E-state index in [1.807, 2.05) is 12.1 Å². The van der Waals surface area contributed by atoms with Crippen LogP contribution in [0.2, 0.25) is 0 Å². The second-order valence-electron chi connectivity index (χ2n) is 13.9. The van der Waals surface area contributed by atoms with Gasteiger partial charge in [0.2, 0.25) is 0 Å². The van der Waals surface area contributed by atoms with E-state index in [0.717, 1.165) is 77.7 Å². The highest BCUT2D eigenvalue weighted by atomic mass is 16.3. The average Bonchev–Trinajstić information content (AvgIpc) is 3.84. The summed E-state index contributed by atoms with van der Waals surface area (Å²) < 4.78 is 8.77. The van der Waals surface area contributed by atoms with Gasteiger partial charge in [-0.25, -0.2) is 4.98 Å². The van der Waals surface area contributed by atoms with Crippen molar-refractivity contribution >= 4 is 49.3 Å².